The summed E-state index contributed by atoms with van der Waals surface area (Å²) < 4.78 is 11.7. The van der Waals surface area contributed by atoms with Crippen LogP contribution in [-0.4, -0.2) is 31.6 Å². The molecule has 9 heteroatoms. The normalized spacial score (nSPS) is 15.2. The molecule has 0 saturated carbocycles. The number of carbonyl (C=O) groups excluding carboxylic acids is 3. The first-order chi connectivity index (χ1) is 14.3. The summed E-state index contributed by atoms with van der Waals surface area (Å²) >= 11 is 7.94. The number of urea groups is 1. The van der Waals surface area contributed by atoms with Crippen molar-refractivity contribution < 1.29 is 23.9 Å². The summed E-state index contributed by atoms with van der Waals surface area (Å²) in [5.41, 5.74) is 0.633. The van der Waals surface area contributed by atoms with E-state index >= 15 is 0 Å². The smallest absolute Gasteiger partial charge is 0.335 e. The molecule has 30 heavy (non-hydrogen) atoms. The number of halogens is 2. The molecule has 0 spiro atoms. The molecule has 1 aliphatic rings. The molecule has 154 valence electrons. The fourth-order valence-corrected chi connectivity index (χ4v) is 3.66. The second-order valence-electron chi connectivity index (χ2n) is 6.07. The van der Waals surface area contributed by atoms with Crippen molar-refractivity contribution in [1.29, 1.82) is 0 Å². The number of hydrogen-bond acceptors (Lipinski definition) is 5. The third kappa shape index (κ3) is 4.49. The van der Waals surface area contributed by atoms with E-state index in [9.17, 15) is 14.4 Å². The van der Waals surface area contributed by atoms with E-state index in [1.54, 1.807) is 30.3 Å². The van der Waals surface area contributed by atoms with Gasteiger partial charge in [0.15, 0.2) is 11.5 Å². The molecule has 0 atom stereocenters. The minimum Gasteiger partial charge on any atom is -0.493 e. The Morgan fingerprint density at radius 2 is 1.90 bits per heavy atom. The maximum Gasteiger partial charge on any atom is 0.335 e. The molecule has 1 saturated heterocycles. The van der Waals surface area contributed by atoms with Gasteiger partial charge in [-0.3, -0.25) is 14.9 Å². The Labute approximate surface area is 191 Å². The molecule has 4 amide bonds. The second kappa shape index (κ2) is 9.31. The molecule has 2 aromatic rings. The first-order valence-electron chi connectivity index (χ1n) is 8.64. The highest BCUT2D eigenvalue weighted by atomic mass is 127. The van der Waals surface area contributed by atoms with Gasteiger partial charge in [0.2, 0.25) is 0 Å². The molecule has 1 aliphatic heterocycles. The Bertz CT molecular complexity index is 1070. The third-order valence-electron chi connectivity index (χ3n) is 4.09. The zero-order valence-corrected chi connectivity index (χ0v) is 18.7. The zero-order chi connectivity index (χ0) is 21.8. The van der Waals surface area contributed by atoms with E-state index in [1.807, 2.05) is 0 Å². The lowest BCUT2D eigenvalue weighted by Crippen LogP contribution is -2.54. The van der Waals surface area contributed by atoms with E-state index in [2.05, 4.69) is 34.5 Å². The topological polar surface area (TPSA) is 84.9 Å². The second-order valence-corrected chi connectivity index (χ2v) is 7.67. The molecular formula is C21H16ClIN2O5. The van der Waals surface area contributed by atoms with Crippen molar-refractivity contribution in [3.8, 4) is 11.5 Å². The number of nitrogens with one attached hydrogen (secondary N) is 1. The lowest BCUT2D eigenvalue weighted by Gasteiger charge is -2.26. The number of barbiturate groups is 1. The van der Waals surface area contributed by atoms with Crippen LogP contribution < -0.4 is 19.7 Å². The van der Waals surface area contributed by atoms with Gasteiger partial charge in [-0.15, -0.1) is 0 Å². The van der Waals surface area contributed by atoms with Gasteiger partial charge >= 0.3 is 6.03 Å². The van der Waals surface area contributed by atoms with Crippen LogP contribution >= 0.6 is 34.2 Å². The molecule has 7 nitrogen and oxygen atoms in total. The fourth-order valence-electron chi connectivity index (χ4n) is 2.75. The van der Waals surface area contributed by atoms with Gasteiger partial charge in [0.1, 0.15) is 12.2 Å². The molecule has 3 rings (SSSR count). The van der Waals surface area contributed by atoms with Crippen LogP contribution in [0.25, 0.3) is 6.08 Å². The van der Waals surface area contributed by atoms with Crippen molar-refractivity contribution in [1.82, 2.24) is 5.32 Å². The predicted molar refractivity (Wildman–Crippen MR) is 122 cm³/mol. The summed E-state index contributed by atoms with van der Waals surface area (Å²) in [7, 11) is 1.49. The first-order valence-corrected chi connectivity index (χ1v) is 10.1. The minimum absolute atomic E-state index is 0.192. The summed E-state index contributed by atoms with van der Waals surface area (Å²) in [6, 6.07) is 8.68. The summed E-state index contributed by atoms with van der Waals surface area (Å²) in [5, 5.41) is 2.64. The van der Waals surface area contributed by atoms with Crippen molar-refractivity contribution in [3.05, 3.63) is 68.8 Å². The lowest BCUT2D eigenvalue weighted by molar-refractivity contribution is -0.122. The number of benzene rings is 2. The van der Waals surface area contributed by atoms with Crippen LogP contribution in [0.4, 0.5) is 10.5 Å². The van der Waals surface area contributed by atoms with Crippen LogP contribution in [-0.2, 0) is 9.59 Å². The average Bonchev–Trinajstić information content (AvgIpc) is 2.71. The van der Waals surface area contributed by atoms with Crippen molar-refractivity contribution >= 4 is 63.8 Å². The first kappa shape index (κ1) is 21.8. The van der Waals surface area contributed by atoms with E-state index in [1.165, 1.54) is 25.3 Å². The Balaban J connectivity index is 2.01. The Morgan fingerprint density at radius 1 is 1.20 bits per heavy atom. The van der Waals surface area contributed by atoms with Crippen LogP contribution in [0.5, 0.6) is 11.5 Å². The van der Waals surface area contributed by atoms with E-state index in [0.717, 1.165) is 8.47 Å². The molecule has 1 fully saturated rings. The van der Waals surface area contributed by atoms with Gasteiger partial charge in [-0.05, 0) is 70.6 Å². The van der Waals surface area contributed by atoms with E-state index in [-0.39, 0.29) is 5.57 Å². The number of anilines is 1. The quantitative estimate of drug-likeness (QED) is 0.258. The molecule has 1 N–H and O–H groups in total. The summed E-state index contributed by atoms with van der Waals surface area (Å²) in [6.07, 6.45) is 3.01. The minimum atomic E-state index is -0.829. The Morgan fingerprint density at radius 3 is 2.53 bits per heavy atom. The molecule has 0 aliphatic carbocycles. The standard InChI is InChI=1S/C21H16ClIN2O5/c1-3-8-30-18-16(23)10-12(11-17(18)29-2)9-15-19(26)24-21(28)25(20(15)27)14-6-4-13(22)5-7-14/h3-7,9-11H,1,8H2,2H3,(H,24,26,28)/b15-9+. The van der Waals surface area contributed by atoms with Gasteiger partial charge in [-0.1, -0.05) is 24.3 Å². The number of ether oxygens (including phenoxy) is 2. The van der Waals surface area contributed by atoms with Gasteiger partial charge in [0.25, 0.3) is 11.8 Å². The summed E-state index contributed by atoms with van der Waals surface area (Å²) in [5.74, 6) is -0.564. The fraction of sp³-hybridized carbons (Fsp3) is 0.0952. The number of amides is 4. The summed E-state index contributed by atoms with van der Waals surface area (Å²) in [6.45, 7) is 3.91. The molecule has 1 heterocycles. The van der Waals surface area contributed by atoms with E-state index in [4.69, 9.17) is 21.1 Å². The third-order valence-corrected chi connectivity index (χ3v) is 5.15. The largest absolute Gasteiger partial charge is 0.493 e. The van der Waals surface area contributed by atoms with Crippen LogP contribution in [0, 0.1) is 3.57 Å². The van der Waals surface area contributed by atoms with Crippen molar-refractivity contribution in [3.63, 3.8) is 0 Å². The molecule has 0 aromatic heterocycles. The average molecular weight is 539 g/mol. The maximum absolute atomic E-state index is 13.0. The molecular weight excluding hydrogens is 523 g/mol. The molecule has 0 bridgehead atoms. The van der Waals surface area contributed by atoms with Crippen molar-refractivity contribution in [2.24, 2.45) is 0 Å². The molecule has 2 aromatic carbocycles. The SMILES string of the molecule is C=CCOc1c(I)cc(/C=C2\C(=O)NC(=O)N(c3ccc(Cl)cc3)C2=O)cc1OC. The molecule has 0 radical (unpaired) electrons. The number of imide groups is 2. The molecule has 0 unspecified atom stereocenters. The zero-order valence-electron chi connectivity index (χ0n) is 15.8. The number of hydrogen-bond donors (Lipinski definition) is 1. The lowest BCUT2D eigenvalue weighted by atomic mass is 10.1. The van der Waals surface area contributed by atoms with Crippen LogP contribution in [0.1, 0.15) is 5.56 Å². The van der Waals surface area contributed by atoms with Crippen molar-refractivity contribution in [2.45, 2.75) is 0 Å². The monoisotopic (exact) mass is 538 g/mol. The van der Waals surface area contributed by atoms with Crippen LogP contribution in [0.2, 0.25) is 5.02 Å². The number of carbonyl (C=O) groups is 3. The van der Waals surface area contributed by atoms with Crippen LogP contribution in [0.15, 0.2) is 54.6 Å². The number of methoxy groups -OCH3 is 1. The highest BCUT2D eigenvalue weighted by Crippen LogP contribution is 2.35. The Kier molecular flexibility index (Phi) is 6.78. The number of rotatable bonds is 6. The van der Waals surface area contributed by atoms with Gasteiger partial charge in [-0.2, -0.15) is 0 Å². The Hall–Kier alpha value is -2.85. The van der Waals surface area contributed by atoms with Gasteiger partial charge in [0, 0.05) is 5.02 Å². The summed E-state index contributed by atoms with van der Waals surface area (Å²) in [4.78, 5) is 38.5. The predicted octanol–water partition coefficient (Wildman–Crippen LogP) is 4.18. The van der Waals surface area contributed by atoms with Crippen molar-refractivity contribution in [2.75, 3.05) is 18.6 Å². The van der Waals surface area contributed by atoms with Gasteiger partial charge < -0.3 is 9.47 Å². The highest BCUT2D eigenvalue weighted by molar-refractivity contribution is 14.1. The van der Waals surface area contributed by atoms with Gasteiger partial charge in [0.05, 0.1) is 16.4 Å². The number of nitrogens with zero attached hydrogens (tertiary/aromatic N) is 1. The van der Waals surface area contributed by atoms with Crippen LogP contribution in [0.3, 0.4) is 0 Å². The highest BCUT2D eigenvalue weighted by Gasteiger charge is 2.36. The van der Waals surface area contributed by atoms with E-state index in [0.29, 0.717) is 34.4 Å². The maximum atomic E-state index is 13.0. The van der Waals surface area contributed by atoms with E-state index < -0.39 is 17.8 Å². The van der Waals surface area contributed by atoms with Gasteiger partial charge in [-0.25, -0.2) is 9.69 Å².